The number of fused-ring (bicyclic) bond motifs is 3. The zero-order chi connectivity index (χ0) is 17.3. The Hall–Kier alpha value is -1.68. The molecule has 0 bridgehead atoms. The van der Waals surface area contributed by atoms with Gasteiger partial charge in [0.2, 0.25) is 0 Å². The van der Waals surface area contributed by atoms with Gasteiger partial charge in [0, 0.05) is 13.1 Å². The number of benzene rings is 2. The summed E-state index contributed by atoms with van der Waals surface area (Å²) in [6.45, 7) is 2.94. The van der Waals surface area contributed by atoms with Gasteiger partial charge in [0.05, 0.1) is 6.67 Å². The average molecular weight is 323 g/mol. The Bertz CT molecular complexity index is 719. The van der Waals surface area contributed by atoms with Gasteiger partial charge >= 0.3 is 0 Å². The molecule has 3 nitrogen and oxygen atoms in total. The van der Waals surface area contributed by atoms with Crippen molar-refractivity contribution in [2.24, 2.45) is 0 Å². The van der Waals surface area contributed by atoms with Gasteiger partial charge in [0.15, 0.2) is 0 Å². The zero-order valence-electron chi connectivity index (χ0n) is 15.6. The van der Waals surface area contributed by atoms with Crippen molar-refractivity contribution in [3.8, 4) is 11.1 Å². The fourth-order valence-electron chi connectivity index (χ4n) is 3.82. The smallest absolute Gasteiger partial charge is 0.0501 e. The van der Waals surface area contributed by atoms with E-state index in [2.05, 4.69) is 86.3 Å². The lowest BCUT2D eigenvalue weighted by Gasteiger charge is -2.25. The van der Waals surface area contributed by atoms with Gasteiger partial charge in [-0.15, -0.1) is 0 Å². The van der Waals surface area contributed by atoms with E-state index in [0.29, 0.717) is 0 Å². The molecule has 3 rings (SSSR count). The monoisotopic (exact) mass is 323 g/mol. The molecule has 0 heterocycles. The van der Waals surface area contributed by atoms with Gasteiger partial charge in [0.1, 0.15) is 0 Å². The van der Waals surface area contributed by atoms with Crippen molar-refractivity contribution in [2.75, 3.05) is 41.9 Å². The average Bonchev–Trinajstić information content (AvgIpc) is 2.87. The van der Waals surface area contributed by atoms with Crippen LogP contribution in [-0.2, 0) is 19.5 Å². The summed E-state index contributed by atoms with van der Waals surface area (Å²) in [5, 5.41) is 0. The van der Waals surface area contributed by atoms with E-state index in [1.54, 1.807) is 0 Å². The highest BCUT2D eigenvalue weighted by atomic mass is 15.3. The SMILES string of the molecule is CN(C)Cc1ccc2c(c1CN(C)CN(C)C)-c1ccccc1C2. The summed E-state index contributed by atoms with van der Waals surface area (Å²) < 4.78 is 0. The number of hydrogen-bond acceptors (Lipinski definition) is 3. The van der Waals surface area contributed by atoms with E-state index < -0.39 is 0 Å². The third-order valence-electron chi connectivity index (χ3n) is 4.60. The normalized spacial score (nSPS) is 13.0. The minimum absolute atomic E-state index is 0.965. The second-order valence-electron chi connectivity index (χ2n) is 7.54. The molecule has 0 saturated heterocycles. The first-order chi connectivity index (χ1) is 11.5. The summed E-state index contributed by atoms with van der Waals surface area (Å²) in [4.78, 5) is 6.89. The van der Waals surface area contributed by atoms with E-state index in [-0.39, 0.29) is 0 Å². The van der Waals surface area contributed by atoms with Crippen LogP contribution < -0.4 is 0 Å². The Labute approximate surface area is 146 Å². The van der Waals surface area contributed by atoms with E-state index in [0.717, 1.165) is 26.2 Å². The highest BCUT2D eigenvalue weighted by Crippen LogP contribution is 2.40. The number of hydrogen-bond donors (Lipinski definition) is 0. The van der Waals surface area contributed by atoms with Crippen LogP contribution in [0.3, 0.4) is 0 Å². The minimum Gasteiger partial charge on any atom is -0.305 e. The molecular formula is C21H29N3. The Balaban J connectivity index is 2.05. The van der Waals surface area contributed by atoms with E-state index in [4.69, 9.17) is 0 Å². The number of nitrogens with zero attached hydrogens (tertiary/aromatic N) is 3. The molecule has 0 unspecified atom stereocenters. The molecular weight excluding hydrogens is 294 g/mol. The van der Waals surface area contributed by atoms with Gasteiger partial charge in [-0.3, -0.25) is 9.80 Å². The summed E-state index contributed by atoms with van der Waals surface area (Å²) in [7, 11) is 10.8. The van der Waals surface area contributed by atoms with Gasteiger partial charge in [-0.05, 0) is 75.0 Å². The molecule has 2 aromatic rings. The van der Waals surface area contributed by atoms with Gasteiger partial charge in [-0.2, -0.15) is 0 Å². The molecule has 0 amide bonds. The third kappa shape index (κ3) is 3.54. The molecule has 128 valence electrons. The summed E-state index contributed by atoms with van der Waals surface area (Å²) in [5.41, 5.74) is 8.80. The van der Waals surface area contributed by atoms with Crippen LogP contribution in [0.1, 0.15) is 22.3 Å². The Morgan fingerprint density at radius 3 is 2.25 bits per heavy atom. The van der Waals surface area contributed by atoms with Crippen molar-refractivity contribution in [3.63, 3.8) is 0 Å². The van der Waals surface area contributed by atoms with Gasteiger partial charge in [-0.25, -0.2) is 0 Å². The van der Waals surface area contributed by atoms with Crippen molar-refractivity contribution in [3.05, 3.63) is 58.7 Å². The lowest BCUT2D eigenvalue weighted by molar-refractivity contribution is 0.203. The van der Waals surface area contributed by atoms with Crippen LogP contribution in [0.4, 0.5) is 0 Å². The zero-order valence-corrected chi connectivity index (χ0v) is 15.6. The Morgan fingerprint density at radius 1 is 0.792 bits per heavy atom. The first-order valence-corrected chi connectivity index (χ1v) is 8.65. The number of rotatable bonds is 6. The van der Waals surface area contributed by atoms with Crippen molar-refractivity contribution < 1.29 is 0 Å². The third-order valence-corrected chi connectivity index (χ3v) is 4.60. The maximum atomic E-state index is 2.40. The highest BCUT2D eigenvalue weighted by Gasteiger charge is 2.23. The van der Waals surface area contributed by atoms with Crippen LogP contribution in [-0.4, -0.2) is 56.6 Å². The molecule has 3 heteroatoms. The van der Waals surface area contributed by atoms with E-state index >= 15 is 0 Å². The van der Waals surface area contributed by atoms with Crippen molar-refractivity contribution in [1.29, 1.82) is 0 Å². The van der Waals surface area contributed by atoms with Crippen molar-refractivity contribution in [1.82, 2.24) is 14.7 Å². The molecule has 0 N–H and O–H groups in total. The summed E-state index contributed by atoms with van der Waals surface area (Å²) in [6, 6.07) is 13.6. The van der Waals surface area contributed by atoms with Crippen molar-refractivity contribution in [2.45, 2.75) is 19.5 Å². The largest absolute Gasteiger partial charge is 0.305 e. The van der Waals surface area contributed by atoms with Gasteiger partial charge in [-0.1, -0.05) is 36.4 Å². The van der Waals surface area contributed by atoms with E-state index in [1.165, 1.54) is 33.4 Å². The minimum atomic E-state index is 0.965. The van der Waals surface area contributed by atoms with Gasteiger partial charge < -0.3 is 4.90 Å². The van der Waals surface area contributed by atoms with Crippen molar-refractivity contribution >= 4 is 0 Å². The standard InChI is InChI=1S/C21H29N3/c1-22(2)13-18-11-10-17-12-16-8-6-7-9-19(16)21(17)20(18)14-24(5)15-23(3)4/h6-11H,12-15H2,1-5H3. The molecule has 1 aliphatic rings. The van der Waals surface area contributed by atoms with Crippen LogP contribution in [0, 0.1) is 0 Å². The summed E-state index contributed by atoms with van der Waals surface area (Å²) in [6.07, 6.45) is 1.07. The summed E-state index contributed by atoms with van der Waals surface area (Å²) >= 11 is 0. The fraction of sp³-hybridized carbons (Fsp3) is 0.429. The predicted molar refractivity (Wildman–Crippen MR) is 102 cm³/mol. The first kappa shape index (κ1) is 17.2. The highest BCUT2D eigenvalue weighted by molar-refractivity contribution is 5.80. The van der Waals surface area contributed by atoms with E-state index in [9.17, 15) is 0 Å². The molecule has 2 aromatic carbocycles. The lowest BCUT2D eigenvalue weighted by atomic mass is 9.94. The van der Waals surface area contributed by atoms with E-state index in [1.807, 2.05) is 0 Å². The Morgan fingerprint density at radius 2 is 1.54 bits per heavy atom. The predicted octanol–water partition coefficient (Wildman–Crippen LogP) is 3.27. The fourth-order valence-corrected chi connectivity index (χ4v) is 3.82. The molecule has 0 aromatic heterocycles. The molecule has 0 radical (unpaired) electrons. The topological polar surface area (TPSA) is 9.72 Å². The molecule has 24 heavy (non-hydrogen) atoms. The van der Waals surface area contributed by atoms with Crippen LogP contribution in [0.2, 0.25) is 0 Å². The lowest BCUT2D eigenvalue weighted by Crippen LogP contribution is -2.30. The quantitative estimate of drug-likeness (QED) is 0.645. The Kier molecular flexibility index (Phi) is 5.04. The molecule has 0 atom stereocenters. The van der Waals surface area contributed by atoms with Crippen LogP contribution in [0.5, 0.6) is 0 Å². The van der Waals surface area contributed by atoms with Crippen LogP contribution in [0.15, 0.2) is 36.4 Å². The first-order valence-electron chi connectivity index (χ1n) is 8.65. The van der Waals surface area contributed by atoms with Crippen LogP contribution in [0.25, 0.3) is 11.1 Å². The molecule has 0 aliphatic heterocycles. The maximum Gasteiger partial charge on any atom is 0.0501 e. The molecule has 0 fully saturated rings. The second kappa shape index (κ2) is 7.06. The maximum absolute atomic E-state index is 2.40. The molecule has 0 saturated carbocycles. The molecule has 0 spiro atoms. The summed E-state index contributed by atoms with van der Waals surface area (Å²) in [5.74, 6) is 0. The van der Waals surface area contributed by atoms with Gasteiger partial charge in [0.25, 0.3) is 0 Å². The second-order valence-corrected chi connectivity index (χ2v) is 7.54. The van der Waals surface area contributed by atoms with Crippen LogP contribution >= 0.6 is 0 Å². The molecule has 1 aliphatic carbocycles.